The Balaban J connectivity index is 2.66. The van der Waals surface area contributed by atoms with Crippen molar-refractivity contribution in [2.45, 2.75) is 53.8 Å². The van der Waals surface area contributed by atoms with Crippen LogP contribution in [0.15, 0.2) is 24.3 Å². The Hall–Kier alpha value is -1.87. The number of carbonyl (C=O) groups excluding carboxylic acids is 1. The largest absolute Gasteiger partial charge is 0.595 e. The number of Topliss-reactive ketones (excluding diaryl/α,β-unsaturated/α-hetero) is 1. The van der Waals surface area contributed by atoms with E-state index in [9.17, 15) is 14.6 Å². The highest BCUT2D eigenvalue weighted by atomic mass is 31.2. The minimum Gasteiger partial charge on any atom is -0.595 e. The number of nitrogens with zero attached hydrogens (tertiary/aromatic N) is 2. The van der Waals surface area contributed by atoms with Crippen molar-refractivity contribution in [3.63, 3.8) is 0 Å². The van der Waals surface area contributed by atoms with Crippen LogP contribution < -0.4 is 10.7 Å². The predicted octanol–water partition coefficient (Wildman–Crippen LogP) is 2.46. The normalized spacial score (nSPS) is 13.4. The molecule has 0 aliphatic rings. The SMILES string of the molecule is CC(=O)c1c(P(=O)(OC(C)C)OC(C)C)nn(-c2ccc([NH+]([O-])O)cc2)c1C. The van der Waals surface area contributed by atoms with Gasteiger partial charge >= 0.3 is 7.60 Å². The van der Waals surface area contributed by atoms with Crippen LogP contribution >= 0.6 is 7.60 Å². The van der Waals surface area contributed by atoms with Crippen molar-refractivity contribution < 1.29 is 28.8 Å². The van der Waals surface area contributed by atoms with Gasteiger partial charge in [0, 0.05) is 12.1 Å². The highest BCUT2D eigenvalue weighted by Crippen LogP contribution is 2.50. The van der Waals surface area contributed by atoms with Crippen LogP contribution in [0.5, 0.6) is 0 Å². The molecule has 0 saturated carbocycles. The smallest absolute Gasteiger partial charge is 0.382 e. The van der Waals surface area contributed by atoms with E-state index < -0.39 is 25.0 Å². The Morgan fingerprint density at radius 2 is 1.68 bits per heavy atom. The number of benzene rings is 1. The highest BCUT2D eigenvalue weighted by molar-refractivity contribution is 7.62. The molecular formula is C18H26N3O6P. The number of rotatable bonds is 8. The van der Waals surface area contributed by atoms with Gasteiger partial charge in [-0.25, -0.2) is 9.89 Å². The van der Waals surface area contributed by atoms with Crippen molar-refractivity contribution in [2.75, 3.05) is 0 Å². The topological polar surface area (TPSA) is 118 Å². The van der Waals surface area contributed by atoms with Crippen LogP contribution in [-0.4, -0.2) is 33.0 Å². The highest BCUT2D eigenvalue weighted by Gasteiger charge is 2.39. The van der Waals surface area contributed by atoms with Crippen LogP contribution in [0.25, 0.3) is 5.69 Å². The molecule has 28 heavy (non-hydrogen) atoms. The molecule has 0 aliphatic heterocycles. The minimum absolute atomic E-state index is 0.0396. The van der Waals surface area contributed by atoms with Gasteiger partial charge in [0.1, 0.15) is 0 Å². The van der Waals surface area contributed by atoms with Crippen molar-refractivity contribution >= 4 is 24.5 Å². The number of carbonyl (C=O) groups is 1. The van der Waals surface area contributed by atoms with Gasteiger partial charge in [0.25, 0.3) is 0 Å². The van der Waals surface area contributed by atoms with Crippen LogP contribution in [0.2, 0.25) is 0 Å². The Morgan fingerprint density at radius 3 is 2.07 bits per heavy atom. The van der Waals surface area contributed by atoms with E-state index in [2.05, 4.69) is 5.10 Å². The lowest BCUT2D eigenvalue weighted by atomic mass is 10.2. The zero-order valence-electron chi connectivity index (χ0n) is 16.8. The summed E-state index contributed by atoms with van der Waals surface area (Å²) < 4.78 is 26.2. The molecule has 154 valence electrons. The maximum absolute atomic E-state index is 13.6. The van der Waals surface area contributed by atoms with Gasteiger partial charge in [-0.15, -0.1) is 0 Å². The van der Waals surface area contributed by atoms with Crippen molar-refractivity contribution in [1.82, 2.24) is 9.78 Å². The first-order valence-electron chi connectivity index (χ1n) is 8.88. The van der Waals surface area contributed by atoms with Crippen LogP contribution in [0.1, 0.15) is 50.7 Å². The molecule has 0 bridgehead atoms. The molecule has 2 rings (SSSR count). The summed E-state index contributed by atoms with van der Waals surface area (Å²) in [6.07, 6.45) is -0.825. The van der Waals surface area contributed by atoms with Gasteiger partial charge in [-0.1, -0.05) is 0 Å². The average molecular weight is 411 g/mol. The fourth-order valence-corrected chi connectivity index (χ4v) is 4.92. The van der Waals surface area contributed by atoms with Crippen molar-refractivity contribution in [2.24, 2.45) is 0 Å². The van der Waals surface area contributed by atoms with Gasteiger partial charge in [-0.2, -0.15) is 10.3 Å². The molecule has 0 fully saturated rings. The lowest BCUT2D eigenvalue weighted by molar-refractivity contribution is -0.991. The van der Waals surface area contributed by atoms with Crippen molar-refractivity contribution in [3.05, 3.63) is 40.7 Å². The summed E-state index contributed by atoms with van der Waals surface area (Å²) in [4.78, 5) is 12.3. The van der Waals surface area contributed by atoms with E-state index in [0.29, 0.717) is 11.4 Å². The number of hydrogen-bond acceptors (Lipinski definition) is 7. The molecule has 2 aromatic rings. The van der Waals surface area contributed by atoms with Gasteiger partial charge in [0.15, 0.2) is 16.9 Å². The number of ketones is 1. The fourth-order valence-electron chi connectivity index (χ4n) is 2.77. The number of hydrogen-bond donors (Lipinski definition) is 2. The Labute approximate surface area is 163 Å². The Kier molecular flexibility index (Phi) is 6.93. The lowest BCUT2D eigenvalue weighted by Gasteiger charge is -2.21. The van der Waals surface area contributed by atoms with E-state index in [1.165, 1.54) is 23.7 Å². The van der Waals surface area contributed by atoms with Crippen LogP contribution in [0.4, 0.5) is 5.69 Å². The van der Waals surface area contributed by atoms with Crippen molar-refractivity contribution in [3.8, 4) is 5.69 Å². The van der Waals surface area contributed by atoms with E-state index in [1.807, 2.05) is 0 Å². The Morgan fingerprint density at radius 1 is 1.18 bits per heavy atom. The van der Waals surface area contributed by atoms with Crippen LogP contribution in [-0.2, 0) is 13.6 Å². The summed E-state index contributed by atoms with van der Waals surface area (Å²) in [7, 11) is -3.87. The molecule has 1 atom stereocenters. The van der Waals surface area contributed by atoms with E-state index in [-0.39, 0.29) is 22.5 Å². The summed E-state index contributed by atoms with van der Waals surface area (Å²) >= 11 is 0. The van der Waals surface area contributed by atoms with E-state index in [0.717, 1.165) is 0 Å². The predicted molar refractivity (Wildman–Crippen MR) is 104 cm³/mol. The molecule has 1 aromatic carbocycles. The molecular weight excluding hydrogens is 385 g/mol. The molecule has 1 heterocycles. The first-order chi connectivity index (χ1) is 13.0. The second-order valence-electron chi connectivity index (χ2n) is 6.91. The molecule has 1 unspecified atom stereocenters. The fraction of sp³-hybridized carbons (Fsp3) is 0.444. The third kappa shape index (κ3) is 4.75. The summed E-state index contributed by atoms with van der Waals surface area (Å²) in [6.45, 7) is 9.92. The standard InChI is InChI=1S/C18H26N3O6P/c1-11(2)26-28(25,27-12(3)4)18-17(14(6)22)13(5)20(19-18)15-7-9-16(10-8-15)21(23)24/h7-12,21,23H,1-6H3. The second kappa shape index (κ2) is 8.65. The maximum atomic E-state index is 13.6. The quantitative estimate of drug-likeness (QED) is 0.389. The second-order valence-corrected chi connectivity index (χ2v) is 8.75. The van der Waals surface area contributed by atoms with Gasteiger partial charge < -0.3 is 14.3 Å². The van der Waals surface area contributed by atoms with Crippen LogP contribution in [0.3, 0.4) is 0 Å². The zero-order valence-corrected chi connectivity index (χ0v) is 17.7. The minimum atomic E-state index is -3.87. The first kappa shape index (κ1) is 22.4. The average Bonchev–Trinajstić information content (AvgIpc) is 2.91. The van der Waals surface area contributed by atoms with Gasteiger partial charge in [0.2, 0.25) is 0 Å². The van der Waals surface area contributed by atoms with Gasteiger partial charge in [-0.05, 0) is 53.7 Å². The summed E-state index contributed by atoms with van der Waals surface area (Å²) in [5.41, 5.74) is 1.24. The maximum Gasteiger partial charge on any atom is 0.382 e. The van der Waals surface area contributed by atoms with Gasteiger partial charge in [0.05, 0.1) is 29.2 Å². The molecule has 0 spiro atoms. The summed E-state index contributed by atoms with van der Waals surface area (Å²) in [5.74, 6) is -0.319. The Bertz CT molecular complexity index is 875. The molecule has 0 radical (unpaired) electrons. The van der Waals surface area contributed by atoms with Gasteiger partial charge in [-0.3, -0.25) is 9.36 Å². The van der Waals surface area contributed by atoms with Crippen molar-refractivity contribution in [1.29, 1.82) is 0 Å². The lowest BCUT2D eigenvalue weighted by Crippen LogP contribution is -2.99. The molecule has 1 aromatic heterocycles. The molecule has 10 heteroatoms. The van der Waals surface area contributed by atoms with E-state index in [1.54, 1.807) is 46.8 Å². The number of nitrogens with one attached hydrogen (secondary N) is 1. The third-order valence-corrected chi connectivity index (χ3v) is 6.00. The molecule has 0 saturated heterocycles. The molecule has 0 amide bonds. The summed E-state index contributed by atoms with van der Waals surface area (Å²) in [6, 6.07) is 5.99. The van der Waals surface area contributed by atoms with E-state index >= 15 is 0 Å². The monoisotopic (exact) mass is 411 g/mol. The number of aromatic nitrogens is 2. The molecule has 0 aliphatic carbocycles. The summed E-state index contributed by atoms with van der Waals surface area (Å²) in [5, 5.41) is 23.5. The zero-order chi connectivity index (χ0) is 21.2. The number of quaternary nitrogens is 1. The third-order valence-electron chi connectivity index (χ3n) is 3.77. The van der Waals surface area contributed by atoms with Crippen LogP contribution in [0, 0.1) is 12.1 Å². The molecule has 9 nitrogen and oxygen atoms in total. The van der Waals surface area contributed by atoms with E-state index in [4.69, 9.17) is 14.3 Å². The first-order valence-corrected chi connectivity index (χ1v) is 10.4. The molecule has 2 N–H and O–H groups in total.